The van der Waals surface area contributed by atoms with Gasteiger partial charge in [0.1, 0.15) is 0 Å². The molecule has 1 heterocycles. The van der Waals surface area contributed by atoms with Crippen LogP contribution in [0.1, 0.15) is 89.5 Å². The summed E-state index contributed by atoms with van der Waals surface area (Å²) in [6, 6.07) is 35.6. The van der Waals surface area contributed by atoms with E-state index in [0.717, 1.165) is 59.7 Å². The summed E-state index contributed by atoms with van der Waals surface area (Å²) in [7, 11) is 0. The van der Waals surface area contributed by atoms with Gasteiger partial charge in [-0.25, -0.2) is 0 Å². The molecule has 0 spiro atoms. The molecule has 55 heavy (non-hydrogen) atoms. The van der Waals surface area contributed by atoms with Gasteiger partial charge in [0, 0.05) is 36.3 Å². The maximum absolute atomic E-state index is 13.0. The van der Waals surface area contributed by atoms with Crippen LogP contribution in [0.15, 0.2) is 133 Å². The van der Waals surface area contributed by atoms with Crippen LogP contribution < -0.4 is 10.6 Å². The van der Waals surface area contributed by atoms with Gasteiger partial charge in [0.2, 0.25) is 11.8 Å². The van der Waals surface area contributed by atoms with Crippen molar-refractivity contribution in [2.45, 2.75) is 90.9 Å². The number of halogens is 2. The highest BCUT2D eigenvalue weighted by Gasteiger charge is 2.50. The van der Waals surface area contributed by atoms with Gasteiger partial charge in [-0.05, 0) is 98.9 Å². The molecule has 0 unspecified atom stereocenters. The molecule has 296 valence electrons. The third-order valence-electron chi connectivity index (χ3n) is 9.29. The topological polar surface area (TPSA) is 67.4 Å². The molecule has 1 saturated carbocycles. The van der Waals surface area contributed by atoms with Crippen molar-refractivity contribution in [1.82, 2.24) is 10.6 Å². The molecule has 1 aliphatic carbocycles. The lowest BCUT2D eigenvalue weighted by Crippen LogP contribution is -2.48. The van der Waals surface area contributed by atoms with Crippen LogP contribution in [0.2, 0.25) is 10.0 Å². The lowest BCUT2D eigenvalue weighted by Gasteiger charge is -2.36. The van der Waals surface area contributed by atoms with Crippen molar-refractivity contribution in [2.24, 2.45) is 0 Å². The third kappa shape index (κ3) is 15.5. The number of carbonyl (C=O) groups is 2. The Labute approximate surface area is 341 Å². The van der Waals surface area contributed by atoms with Crippen molar-refractivity contribution >= 4 is 35.0 Å². The standard InChI is InChI=1S/C20H22ClNO2.C18H18ClNO.C6H10.2C2H6/c21-18-8-6-16(7-9-18)10-13-22-19(23)20(11-14-24-15-12-20)17-4-2-1-3-5-17;19-16-8-6-14(7-9-16)10-13-20-17(21)18(11-12-18)15-4-2-1-3-5-15;1-4-5-6(2)3;2*1-2/h1-9H,10-15H2,(H,22,23);1-9H,10-13H2,(H,20,21);4-5H,1H2,2-3H3;2*1-2H3. The Balaban J connectivity index is 0.000000309. The lowest BCUT2D eigenvalue weighted by atomic mass is 9.73. The van der Waals surface area contributed by atoms with Crippen LogP contribution >= 0.6 is 23.2 Å². The predicted molar refractivity (Wildman–Crippen MR) is 234 cm³/mol. The Morgan fingerprint density at radius 3 is 1.29 bits per heavy atom. The second-order valence-corrected chi connectivity index (χ2v) is 14.1. The fourth-order valence-corrected chi connectivity index (χ4v) is 6.42. The molecule has 0 radical (unpaired) electrons. The Hall–Kier alpha value is -4.16. The molecule has 5 nitrogen and oxygen atoms in total. The first-order valence-corrected chi connectivity index (χ1v) is 20.4. The quantitative estimate of drug-likeness (QED) is 0.149. The molecular formula is C48H62Cl2N2O3. The predicted octanol–water partition coefficient (Wildman–Crippen LogP) is 11.7. The number of ether oxygens (including phenoxy) is 1. The highest BCUT2D eigenvalue weighted by atomic mass is 35.5. The van der Waals surface area contributed by atoms with E-state index in [1.54, 1.807) is 6.08 Å². The van der Waals surface area contributed by atoms with E-state index in [1.165, 1.54) is 16.7 Å². The van der Waals surface area contributed by atoms with Crippen LogP contribution in [0.3, 0.4) is 0 Å². The van der Waals surface area contributed by atoms with Crippen molar-refractivity contribution in [2.75, 3.05) is 26.3 Å². The zero-order valence-corrected chi connectivity index (χ0v) is 35.3. The van der Waals surface area contributed by atoms with Crippen molar-refractivity contribution in [3.8, 4) is 0 Å². The van der Waals surface area contributed by atoms with E-state index in [4.69, 9.17) is 27.9 Å². The molecule has 1 saturated heterocycles. The number of nitrogens with one attached hydrogen (secondary N) is 2. The van der Waals surface area contributed by atoms with E-state index in [-0.39, 0.29) is 17.2 Å². The summed E-state index contributed by atoms with van der Waals surface area (Å²) < 4.78 is 5.49. The van der Waals surface area contributed by atoms with Crippen LogP contribution in [0.4, 0.5) is 0 Å². The summed E-state index contributed by atoms with van der Waals surface area (Å²) in [6.45, 7) is 18.1. The van der Waals surface area contributed by atoms with Crippen molar-refractivity contribution in [3.05, 3.63) is 166 Å². The van der Waals surface area contributed by atoms with Gasteiger partial charge in [0.15, 0.2) is 0 Å². The first kappa shape index (κ1) is 47.0. The molecule has 2 N–H and O–H groups in total. The average Bonchev–Trinajstić information content (AvgIpc) is 4.05. The summed E-state index contributed by atoms with van der Waals surface area (Å²) in [6.07, 6.45) is 8.73. The van der Waals surface area contributed by atoms with E-state index < -0.39 is 5.41 Å². The maximum atomic E-state index is 13.0. The minimum Gasteiger partial charge on any atom is -0.381 e. The van der Waals surface area contributed by atoms with Gasteiger partial charge in [0.25, 0.3) is 0 Å². The number of hydrogen-bond donors (Lipinski definition) is 2. The van der Waals surface area contributed by atoms with E-state index in [2.05, 4.69) is 17.2 Å². The third-order valence-corrected chi connectivity index (χ3v) is 9.80. The summed E-state index contributed by atoms with van der Waals surface area (Å²) in [5.74, 6) is 0.258. The molecule has 0 bridgehead atoms. The van der Waals surface area contributed by atoms with Gasteiger partial charge in [-0.1, -0.05) is 160 Å². The number of carbonyl (C=O) groups excluding carboxylic acids is 2. The monoisotopic (exact) mass is 784 g/mol. The van der Waals surface area contributed by atoms with Crippen LogP contribution in [0.25, 0.3) is 0 Å². The largest absolute Gasteiger partial charge is 0.381 e. The number of hydrogen-bond acceptors (Lipinski definition) is 3. The molecule has 6 rings (SSSR count). The van der Waals surface area contributed by atoms with Crippen LogP contribution in [-0.2, 0) is 38.0 Å². The van der Waals surface area contributed by atoms with E-state index in [9.17, 15) is 9.59 Å². The Bertz CT molecular complexity index is 1690. The number of rotatable bonds is 11. The summed E-state index contributed by atoms with van der Waals surface area (Å²) >= 11 is 11.8. The summed E-state index contributed by atoms with van der Waals surface area (Å²) in [5.41, 5.74) is 5.11. The summed E-state index contributed by atoms with van der Waals surface area (Å²) in [5, 5.41) is 7.67. The molecule has 4 aromatic carbocycles. The molecule has 4 aromatic rings. The highest BCUT2D eigenvalue weighted by molar-refractivity contribution is 6.30. The fourth-order valence-electron chi connectivity index (χ4n) is 6.17. The van der Waals surface area contributed by atoms with Crippen molar-refractivity contribution < 1.29 is 14.3 Å². The number of amides is 2. The van der Waals surface area contributed by atoms with Crippen LogP contribution in [-0.4, -0.2) is 38.1 Å². The SMILES string of the molecule is C=CC=C(C)C.CC.CC.O=C(NCCc1ccc(Cl)cc1)C1(c2ccccc2)CC1.O=C(NCCc1ccc(Cl)cc1)C1(c2ccccc2)CCOCC1. The van der Waals surface area contributed by atoms with Crippen molar-refractivity contribution in [3.63, 3.8) is 0 Å². The molecule has 2 fully saturated rings. The Morgan fingerprint density at radius 2 is 0.982 bits per heavy atom. The lowest BCUT2D eigenvalue weighted by molar-refractivity contribution is -0.130. The first-order valence-electron chi connectivity index (χ1n) is 19.7. The van der Waals surface area contributed by atoms with Gasteiger partial charge in [0.05, 0.1) is 10.8 Å². The molecule has 0 atom stereocenters. The van der Waals surface area contributed by atoms with Crippen LogP contribution in [0, 0.1) is 0 Å². The maximum Gasteiger partial charge on any atom is 0.230 e. The van der Waals surface area contributed by atoms with Crippen molar-refractivity contribution in [1.29, 1.82) is 0 Å². The summed E-state index contributed by atoms with van der Waals surface area (Å²) in [4.78, 5) is 25.4. The number of benzene rings is 4. The zero-order chi connectivity index (χ0) is 40.5. The van der Waals surface area contributed by atoms with Crippen LogP contribution in [0.5, 0.6) is 0 Å². The smallest absolute Gasteiger partial charge is 0.230 e. The number of allylic oxidation sites excluding steroid dienone is 3. The van der Waals surface area contributed by atoms with Gasteiger partial charge in [-0.15, -0.1) is 0 Å². The normalized spacial score (nSPS) is 14.1. The molecule has 0 aromatic heterocycles. The van der Waals surface area contributed by atoms with E-state index in [0.29, 0.717) is 26.3 Å². The Kier molecular flexibility index (Phi) is 22.1. The van der Waals surface area contributed by atoms with Gasteiger partial charge < -0.3 is 15.4 Å². The Morgan fingerprint density at radius 1 is 0.618 bits per heavy atom. The molecule has 2 amide bonds. The minimum atomic E-state index is -0.473. The average molecular weight is 786 g/mol. The molecular weight excluding hydrogens is 723 g/mol. The molecule has 1 aliphatic heterocycles. The molecule has 7 heteroatoms. The fraction of sp³-hybridized carbons (Fsp3) is 0.375. The second kappa shape index (κ2) is 25.8. The second-order valence-electron chi connectivity index (χ2n) is 13.3. The highest BCUT2D eigenvalue weighted by Crippen LogP contribution is 2.48. The van der Waals surface area contributed by atoms with Gasteiger partial charge >= 0.3 is 0 Å². The van der Waals surface area contributed by atoms with Gasteiger partial charge in [-0.3, -0.25) is 9.59 Å². The zero-order valence-electron chi connectivity index (χ0n) is 33.8. The minimum absolute atomic E-state index is 0.103. The molecule has 2 aliphatic rings. The van der Waals surface area contributed by atoms with E-state index in [1.807, 2.05) is 157 Å². The first-order chi connectivity index (χ1) is 26.7. The van der Waals surface area contributed by atoms with Gasteiger partial charge in [-0.2, -0.15) is 0 Å². The van der Waals surface area contributed by atoms with E-state index >= 15 is 0 Å².